The van der Waals surface area contributed by atoms with Gasteiger partial charge in [-0.15, -0.1) is 4.68 Å². The van der Waals surface area contributed by atoms with Crippen LogP contribution in [0.25, 0.3) is 10.9 Å². The minimum Gasteiger partial charge on any atom is -0.482 e. The normalized spacial score (nSPS) is 25.6. The Kier molecular flexibility index (Phi) is 4.83. The molecule has 2 aliphatic heterocycles. The van der Waals surface area contributed by atoms with Crippen molar-refractivity contribution in [2.75, 3.05) is 13.3 Å². The summed E-state index contributed by atoms with van der Waals surface area (Å²) < 4.78 is 26.0. The van der Waals surface area contributed by atoms with Gasteiger partial charge in [-0.25, -0.2) is 0 Å². The first-order chi connectivity index (χ1) is 14.2. The van der Waals surface area contributed by atoms with Crippen molar-refractivity contribution < 1.29 is 18.5 Å². The van der Waals surface area contributed by atoms with Crippen molar-refractivity contribution in [2.24, 2.45) is 22.2 Å². The van der Waals surface area contributed by atoms with Crippen molar-refractivity contribution in [3.05, 3.63) is 47.4 Å². The first-order valence-electron chi connectivity index (χ1n) is 10.2. The molecule has 3 aliphatic rings. The van der Waals surface area contributed by atoms with Crippen LogP contribution in [0, 0.1) is 11.8 Å². The topological polar surface area (TPSA) is 59.1 Å². The largest absolute Gasteiger partial charge is 0.482 e. The fourth-order valence-corrected chi connectivity index (χ4v) is 4.18. The lowest BCUT2D eigenvalue weighted by Gasteiger charge is -2.29. The van der Waals surface area contributed by atoms with E-state index in [2.05, 4.69) is 21.4 Å². The van der Waals surface area contributed by atoms with Gasteiger partial charge in [0.25, 0.3) is 5.70 Å². The van der Waals surface area contributed by atoms with Crippen LogP contribution < -0.4 is 4.74 Å². The molecule has 5 rings (SSSR count). The third-order valence-electron chi connectivity index (χ3n) is 5.91. The second-order valence-corrected chi connectivity index (χ2v) is 8.03. The molecule has 1 aliphatic carbocycles. The molecular weight excluding hydrogens is 371 g/mol. The van der Waals surface area contributed by atoms with Gasteiger partial charge < -0.3 is 9.47 Å². The molecular formula is C22H24FN4O2+. The number of rotatable bonds is 5. The maximum absolute atomic E-state index is 12.6. The molecule has 1 aromatic heterocycles. The third-order valence-corrected chi connectivity index (χ3v) is 5.91. The summed E-state index contributed by atoms with van der Waals surface area (Å²) >= 11 is 0. The molecule has 1 atom stereocenters. The maximum atomic E-state index is 12.6. The number of ether oxygens (including phenoxy) is 2. The summed E-state index contributed by atoms with van der Waals surface area (Å²) in [5.41, 5.74) is 4.19. The zero-order chi connectivity index (χ0) is 19.8. The predicted molar refractivity (Wildman–Crippen MR) is 107 cm³/mol. The van der Waals surface area contributed by atoms with Crippen LogP contribution in [-0.4, -0.2) is 35.3 Å². The Hall–Kier alpha value is -2.67. The van der Waals surface area contributed by atoms with Gasteiger partial charge in [0.05, 0.1) is 30.5 Å². The number of benzene rings is 1. The van der Waals surface area contributed by atoms with Crippen LogP contribution >= 0.6 is 0 Å². The fourth-order valence-electron chi connectivity index (χ4n) is 4.18. The molecule has 150 valence electrons. The molecule has 1 fully saturated rings. The summed E-state index contributed by atoms with van der Waals surface area (Å²) in [6.07, 6.45) is 8.25. The number of hydrogen-bond donors (Lipinski definition) is 0. The van der Waals surface area contributed by atoms with Gasteiger partial charge >= 0.3 is 0 Å². The number of alkyl halides is 1. The highest BCUT2D eigenvalue weighted by Gasteiger charge is 2.31. The lowest BCUT2D eigenvalue weighted by Crippen LogP contribution is -2.27. The van der Waals surface area contributed by atoms with Gasteiger partial charge in [0.1, 0.15) is 17.2 Å². The Morgan fingerprint density at radius 1 is 1.38 bits per heavy atom. The van der Waals surface area contributed by atoms with Crippen LogP contribution in [0.4, 0.5) is 4.39 Å². The first-order valence-corrected chi connectivity index (χ1v) is 10.2. The Balaban J connectivity index is 1.31. The van der Waals surface area contributed by atoms with Gasteiger partial charge in [0.15, 0.2) is 12.3 Å². The summed E-state index contributed by atoms with van der Waals surface area (Å²) in [6, 6.07) is 6.00. The van der Waals surface area contributed by atoms with E-state index in [1.165, 1.54) is 5.56 Å². The Morgan fingerprint density at radius 3 is 3.14 bits per heavy atom. The van der Waals surface area contributed by atoms with Crippen LogP contribution in [0.2, 0.25) is 0 Å². The quantitative estimate of drug-likeness (QED) is 0.706. The predicted octanol–water partition coefficient (Wildman–Crippen LogP) is 4.38. The van der Waals surface area contributed by atoms with Crippen molar-refractivity contribution in [2.45, 2.75) is 38.9 Å². The van der Waals surface area contributed by atoms with Gasteiger partial charge in [0, 0.05) is 17.5 Å². The number of aromatic nitrogens is 1. The molecule has 0 N–H and O–H groups in total. The van der Waals surface area contributed by atoms with Crippen molar-refractivity contribution in [3.63, 3.8) is 0 Å². The zero-order valence-corrected chi connectivity index (χ0v) is 16.4. The van der Waals surface area contributed by atoms with Crippen LogP contribution in [-0.2, 0) is 17.8 Å². The molecule has 0 amide bonds. The van der Waals surface area contributed by atoms with Crippen LogP contribution in [0.3, 0.4) is 0 Å². The molecule has 0 spiro atoms. The smallest absolute Gasteiger partial charge is 0.261 e. The summed E-state index contributed by atoms with van der Waals surface area (Å²) in [6.45, 7) is 3.09. The highest BCUT2D eigenvalue weighted by molar-refractivity contribution is 5.84. The standard InChI is InChI=1S/C22H24FN4O2/c1-14(22-12-27(26-25-22)11-16-6-15(7-16)9-23)29-18-2-3-21-20(8-18)19-4-5-28-13-17(19)10-24-21/h2-3,8,10-12,14-16H,4-7,9,13H2,1H3/q+1/b27-11-/t14-,15?,16?/m1/s1. The number of halogens is 1. The lowest BCUT2D eigenvalue weighted by molar-refractivity contribution is -0.462. The van der Waals surface area contributed by atoms with Crippen molar-refractivity contribution >= 4 is 17.1 Å². The van der Waals surface area contributed by atoms with Gasteiger partial charge in [-0.1, -0.05) is 0 Å². The molecule has 0 bridgehead atoms. The van der Waals surface area contributed by atoms with Gasteiger partial charge in [-0.2, -0.15) is 0 Å². The van der Waals surface area contributed by atoms with Gasteiger partial charge in [-0.3, -0.25) is 9.37 Å². The van der Waals surface area contributed by atoms with E-state index in [-0.39, 0.29) is 18.7 Å². The molecule has 1 saturated carbocycles. The number of pyridine rings is 1. The molecule has 3 heterocycles. The summed E-state index contributed by atoms with van der Waals surface area (Å²) in [4.78, 5) is 4.54. The monoisotopic (exact) mass is 395 g/mol. The number of fused-ring (bicyclic) bond motifs is 3. The molecule has 6 nitrogen and oxygen atoms in total. The van der Waals surface area contributed by atoms with E-state index in [1.807, 2.05) is 37.7 Å². The average Bonchev–Trinajstić information content (AvgIpc) is 3.19. The molecule has 2 aromatic rings. The van der Waals surface area contributed by atoms with Crippen LogP contribution in [0.1, 0.15) is 30.9 Å². The highest BCUT2D eigenvalue weighted by atomic mass is 19.1. The van der Waals surface area contributed by atoms with E-state index in [4.69, 9.17) is 9.47 Å². The van der Waals surface area contributed by atoms with E-state index in [0.29, 0.717) is 12.5 Å². The fraction of sp³-hybridized carbons (Fsp3) is 0.455. The van der Waals surface area contributed by atoms with E-state index < -0.39 is 0 Å². The minimum absolute atomic E-state index is 0.209. The molecule has 0 saturated heterocycles. The number of nitrogens with zero attached hydrogens (tertiary/aromatic N) is 4. The zero-order valence-electron chi connectivity index (χ0n) is 16.4. The second-order valence-electron chi connectivity index (χ2n) is 8.03. The SMILES string of the molecule is C[C@@H](Oc1ccc2ncc3c(c2c1)CCOC3)C1=C/[N+](=C/C2CC(CF)C2)N=N1. The Labute approximate surface area is 168 Å². The highest BCUT2D eigenvalue weighted by Crippen LogP contribution is 2.33. The van der Waals surface area contributed by atoms with Gasteiger partial charge in [0.2, 0.25) is 0 Å². The van der Waals surface area contributed by atoms with E-state index in [0.717, 1.165) is 53.8 Å². The number of hydrogen-bond acceptors (Lipinski definition) is 5. The van der Waals surface area contributed by atoms with Crippen molar-refractivity contribution in [1.82, 2.24) is 4.98 Å². The summed E-state index contributed by atoms with van der Waals surface area (Å²) in [7, 11) is 0. The Morgan fingerprint density at radius 2 is 2.28 bits per heavy atom. The lowest BCUT2D eigenvalue weighted by atomic mass is 9.76. The summed E-state index contributed by atoms with van der Waals surface area (Å²) in [5.74, 6) is 1.38. The molecule has 0 radical (unpaired) electrons. The maximum Gasteiger partial charge on any atom is 0.261 e. The second kappa shape index (κ2) is 7.63. The van der Waals surface area contributed by atoms with Gasteiger partial charge in [-0.05, 0) is 61.4 Å². The van der Waals surface area contributed by atoms with Crippen molar-refractivity contribution in [3.8, 4) is 5.75 Å². The summed E-state index contributed by atoms with van der Waals surface area (Å²) in [5, 5.41) is 9.55. The molecule has 0 unspecified atom stereocenters. The van der Waals surface area contributed by atoms with Crippen LogP contribution in [0.15, 0.2) is 46.6 Å². The molecule has 29 heavy (non-hydrogen) atoms. The average molecular weight is 395 g/mol. The minimum atomic E-state index is -0.231. The van der Waals surface area contributed by atoms with E-state index in [1.54, 1.807) is 4.68 Å². The van der Waals surface area contributed by atoms with E-state index in [9.17, 15) is 4.39 Å². The van der Waals surface area contributed by atoms with E-state index >= 15 is 0 Å². The Bertz CT molecular complexity index is 1030. The molecule has 7 heteroatoms. The third kappa shape index (κ3) is 3.67. The first kappa shape index (κ1) is 18.4. The van der Waals surface area contributed by atoms with Crippen LogP contribution in [0.5, 0.6) is 5.75 Å². The van der Waals surface area contributed by atoms with Crippen molar-refractivity contribution in [1.29, 1.82) is 0 Å². The molecule has 1 aromatic carbocycles.